The molecule has 0 saturated heterocycles. The van der Waals surface area contributed by atoms with Gasteiger partial charge in [-0.25, -0.2) is 4.79 Å². The van der Waals surface area contributed by atoms with Gasteiger partial charge >= 0.3 is 5.97 Å². The minimum absolute atomic E-state index is 0.0677. The van der Waals surface area contributed by atoms with E-state index in [2.05, 4.69) is 10.5 Å². The molecule has 0 spiro atoms. The lowest BCUT2D eigenvalue weighted by Crippen LogP contribution is -2.14. The number of nitrogens with zero attached hydrogens (tertiary/aromatic N) is 2. The summed E-state index contributed by atoms with van der Waals surface area (Å²) in [6.45, 7) is 2.51. The highest BCUT2D eigenvalue weighted by atomic mass is 16.5. The molecule has 1 fully saturated rings. The van der Waals surface area contributed by atoms with Gasteiger partial charge in [-0.3, -0.25) is 4.79 Å². The van der Waals surface area contributed by atoms with Gasteiger partial charge in [0.2, 0.25) is 5.91 Å². The van der Waals surface area contributed by atoms with E-state index in [1.54, 1.807) is 35.0 Å². The SMILES string of the molecule is CCn1cc(NC(=O)CCc2onc(-c3ccc(O)cc3)c2C2CC2)c(C(=O)O)c1. The van der Waals surface area contributed by atoms with Crippen LogP contribution in [0.1, 0.15) is 53.8 Å². The average Bonchev–Trinajstić information content (AvgIpc) is 3.34. The number of aryl methyl sites for hydroxylation is 2. The number of rotatable bonds is 8. The third-order valence-electron chi connectivity index (χ3n) is 5.26. The van der Waals surface area contributed by atoms with Crippen LogP contribution in [0.15, 0.2) is 41.2 Å². The molecule has 0 unspecified atom stereocenters. The van der Waals surface area contributed by atoms with Crippen molar-refractivity contribution in [3.63, 3.8) is 0 Å². The van der Waals surface area contributed by atoms with Gasteiger partial charge in [0.05, 0.1) is 5.69 Å². The first kappa shape index (κ1) is 19.8. The van der Waals surface area contributed by atoms with Crippen molar-refractivity contribution in [2.75, 3.05) is 5.32 Å². The normalized spacial score (nSPS) is 13.4. The van der Waals surface area contributed by atoms with Crippen LogP contribution < -0.4 is 5.32 Å². The highest BCUT2D eigenvalue weighted by molar-refractivity contribution is 6.00. The Balaban J connectivity index is 1.48. The van der Waals surface area contributed by atoms with Gasteiger partial charge in [0.25, 0.3) is 0 Å². The number of anilines is 1. The number of hydrogen-bond acceptors (Lipinski definition) is 5. The van der Waals surface area contributed by atoms with Crippen LogP contribution in [0.25, 0.3) is 11.3 Å². The first-order valence-corrected chi connectivity index (χ1v) is 9.97. The Labute approximate surface area is 173 Å². The predicted octanol–water partition coefficient (Wildman–Crippen LogP) is 4.02. The fourth-order valence-electron chi connectivity index (χ4n) is 3.53. The van der Waals surface area contributed by atoms with Crippen molar-refractivity contribution >= 4 is 17.6 Å². The molecule has 1 aliphatic rings. The molecule has 2 heterocycles. The lowest BCUT2D eigenvalue weighted by atomic mass is 10.0. The molecule has 30 heavy (non-hydrogen) atoms. The number of carboxylic acid groups (broad SMARTS) is 1. The van der Waals surface area contributed by atoms with Crippen LogP contribution in [0.3, 0.4) is 0 Å². The van der Waals surface area contributed by atoms with E-state index in [-0.39, 0.29) is 23.6 Å². The molecule has 1 aromatic carbocycles. The molecule has 4 rings (SSSR count). The number of aromatic carboxylic acids is 1. The summed E-state index contributed by atoms with van der Waals surface area (Å²) in [6.07, 6.45) is 5.76. The quantitative estimate of drug-likeness (QED) is 0.517. The number of phenols is 1. The number of hydrogen-bond donors (Lipinski definition) is 3. The molecule has 156 valence electrons. The summed E-state index contributed by atoms with van der Waals surface area (Å²) in [4.78, 5) is 23.9. The molecule has 0 radical (unpaired) electrons. The second-order valence-electron chi connectivity index (χ2n) is 7.46. The molecule has 1 aliphatic carbocycles. The van der Waals surface area contributed by atoms with Gasteiger partial charge in [0.15, 0.2) is 0 Å². The summed E-state index contributed by atoms with van der Waals surface area (Å²) in [5.74, 6) is -0.127. The Hall–Kier alpha value is -3.55. The number of aromatic hydroxyl groups is 1. The Kier molecular flexibility index (Phi) is 5.31. The molecule has 0 bridgehead atoms. The second-order valence-corrected chi connectivity index (χ2v) is 7.46. The third kappa shape index (κ3) is 4.07. The number of carbonyl (C=O) groups excluding carboxylic acids is 1. The highest BCUT2D eigenvalue weighted by Gasteiger charge is 2.33. The van der Waals surface area contributed by atoms with Crippen LogP contribution in [-0.4, -0.2) is 31.8 Å². The van der Waals surface area contributed by atoms with Gasteiger partial charge in [-0.05, 0) is 49.9 Å². The monoisotopic (exact) mass is 409 g/mol. The molecule has 8 heteroatoms. The van der Waals surface area contributed by atoms with Crippen molar-refractivity contribution in [1.29, 1.82) is 0 Å². The molecule has 3 N–H and O–H groups in total. The number of carbonyl (C=O) groups is 2. The molecule has 0 aliphatic heterocycles. The number of amides is 1. The zero-order valence-corrected chi connectivity index (χ0v) is 16.6. The fourth-order valence-corrected chi connectivity index (χ4v) is 3.53. The van der Waals surface area contributed by atoms with E-state index >= 15 is 0 Å². The average molecular weight is 409 g/mol. The minimum atomic E-state index is -1.08. The Morgan fingerprint density at radius 2 is 1.97 bits per heavy atom. The highest BCUT2D eigenvalue weighted by Crippen LogP contribution is 2.46. The largest absolute Gasteiger partial charge is 0.508 e. The number of aromatic nitrogens is 2. The summed E-state index contributed by atoms with van der Waals surface area (Å²) in [5.41, 5.74) is 3.00. The Bertz CT molecular complexity index is 1080. The Morgan fingerprint density at radius 3 is 2.60 bits per heavy atom. The van der Waals surface area contributed by atoms with Crippen molar-refractivity contribution in [1.82, 2.24) is 9.72 Å². The van der Waals surface area contributed by atoms with Gasteiger partial charge in [0, 0.05) is 42.9 Å². The van der Waals surface area contributed by atoms with Crippen LogP contribution in [-0.2, 0) is 17.8 Å². The Morgan fingerprint density at radius 1 is 1.23 bits per heavy atom. The van der Waals surface area contributed by atoms with Crippen LogP contribution in [0.4, 0.5) is 5.69 Å². The molecular weight excluding hydrogens is 386 g/mol. The van der Waals surface area contributed by atoms with Crippen molar-refractivity contribution in [3.05, 3.63) is 53.5 Å². The van der Waals surface area contributed by atoms with E-state index in [9.17, 15) is 19.8 Å². The summed E-state index contributed by atoms with van der Waals surface area (Å²) in [6, 6.07) is 6.80. The summed E-state index contributed by atoms with van der Waals surface area (Å²) < 4.78 is 7.29. The minimum Gasteiger partial charge on any atom is -0.508 e. The van der Waals surface area contributed by atoms with Gasteiger partial charge in [-0.1, -0.05) is 5.16 Å². The first-order valence-electron chi connectivity index (χ1n) is 9.97. The molecule has 8 nitrogen and oxygen atoms in total. The summed E-state index contributed by atoms with van der Waals surface area (Å²) in [7, 11) is 0. The molecule has 0 atom stereocenters. The number of carboxylic acids is 1. The number of phenolic OH excluding ortho intramolecular Hbond substituents is 1. The van der Waals surface area contributed by atoms with Gasteiger partial charge < -0.3 is 24.6 Å². The third-order valence-corrected chi connectivity index (χ3v) is 5.26. The first-order chi connectivity index (χ1) is 14.5. The van der Waals surface area contributed by atoms with E-state index < -0.39 is 5.97 Å². The molecular formula is C22H23N3O5. The summed E-state index contributed by atoms with van der Waals surface area (Å²) in [5, 5.41) is 25.8. The molecule has 2 aromatic heterocycles. The van der Waals surface area contributed by atoms with Gasteiger partial charge in [-0.2, -0.15) is 0 Å². The van der Waals surface area contributed by atoms with Gasteiger partial charge in [-0.15, -0.1) is 0 Å². The zero-order valence-electron chi connectivity index (χ0n) is 16.6. The maximum absolute atomic E-state index is 12.5. The fraction of sp³-hybridized carbons (Fsp3) is 0.318. The van der Waals surface area contributed by atoms with Crippen LogP contribution in [0.5, 0.6) is 5.75 Å². The summed E-state index contributed by atoms with van der Waals surface area (Å²) >= 11 is 0. The second kappa shape index (κ2) is 8.06. The number of benzene rings is 1. The lowest BCUT2D eigenvalue weighted by molar-refractivity contribution is -0.116. The molecule has 1 amide bonds. The van der Waals surface area contributed by atoms with Crippen molar-refractivity contribution in [2.24, 2.45) is 0 Å². The zero-order chi connectivity index (χ0) is 21.3. The van der Waals surface area contributed by atoms with Crippen molar-refractivity contribution in [3.8, 4) is 17.0 Å². The van der Waals surface area contributed by atoms with Crippen molar-refractivity contribution in [2.45, 2.75) is 45.1 Å². The topological polar surface area (TPSA) is 118 Å². The van der Waals surface area contributed by atoms with E-state index in [1.807, 2.05) is 6.92 Å². The van der Waals surface area contributed by atoms with E-state index in [1.165, 1.54) is 6.20 Å². The van der Waals surface area contributed by atoms with Crippen molar-refractivity contribution < 1.29 is 24.3 Å². The van der Waals surface area contributed by atoms with Crippen LogP contribution in [0, 0.1) is 0 Å². The van der Waals surface area contributed by atoms with Crippen LogP contribution in [0.2, 0.25) is 0 Å². The maximum Gasteiger partial charge on any atom is 0.339 e. The maximum atomic E-state index is 12.5. The molecule has 3 aromatic rings. The predicted molar refractivity (Wildman–Crippen MR) is 110 cm³/mol. The standard InChI is InChI=1S/C22H23N3O5/c1-2-25-11-16(22(28)29)17(12-25)23-19(27)10-9-18-20(13-3-4-13)21(24-30-18)14-5-7-15(26)8-6-14/h5-8,11-13,26H,2-4,9-10H2,1H3,(H,23,27)(H,28,29). The lowest BCUT2D eigenvalue weighted by Gasteiger charge is -2.05. The van der Waals surface area contributed by atoms with Gasteiger partial charge in [0.1, 0.15) is 22.8 Å². The smallest absolute Gasteiger partial charge is 0.339 e. The van der Waals surface area contributed by atoms with Crippen LogP contribution >= 0.6 is 0 Å². The number of nitrogens with one attached hydrogen (secondary N) is 1. The molecule has 1 saturated carbocycles. The van der Waals surface area contributed by atoms with E-state index in [0.717, 1.165) is 29.7 Å². The van der Waals surface area contributed by atoms with E-state index in [0.29, 0.717) is 30.3 Å². The van der Waals surface area contributed by atoms with E-state index in [4.69, 9.17) is 4.52 Å².